The van der Waals surface area contributed by atoms with E-state index in [0.717, 1.165) is 5.56 Å². The summed E-state index contributed by atoms with van der Waals surface area (Å²) in [7, 11) is 0. The van der Waals surface area contributed by atoms with Gasteiger partial charge in [0.05, 0.1) is 0 Å². The quantitative estimate of drug-likeness (QED) is 0.789. The van der Waals surface area contributed by atoms with Gasteiger partial charge in [-0.2, -0.15) is 0 Å². The van der Waals surface area contributed by atoms with Crippen molar-refractivity contribution in [3.8, 4) is 0 Å². The van der Waals surface area contributed by atoms with Gasteiger partial charge in [0, 0.05) is 5.56 Å². The lowest BCUT2D eigenvalue weighted by molar-refractivity contribution is -0.124. The first-order chi connectivity index (χ1) is 8.18. The molecule has 0 aliphatic carbocycles. The molecular formula is C15H14O2. The van der Waals surface area contributed by atoms with Crippen molar-refractivity contribution < 1.29 is 10.2 Å². The molecule has 2 aromatic rings. The molecule has 2 heteroatoms. The van der Waals surface area contributed by atoms with Gasteiger partial charge in [-0.05, 0) is 11.6 Å². The Labute approximate surface area is 100 Å². The highest BCUT2D eigenvalue weighted by molar-refractivity contribution is 5.50. The number of hydrogen-bond acceptors (Lipinski definition) is 2. The van der Waals surface area contributed by atoms with Gasteiger partial charge in [-0.15, -0.1) is 0 Å². The Balaban J connectivity index is 2.21. The molecule has 0 aliphatic rings. The Morgan fingerprint density at radius 1 is 0.765 bits per heavy atom. The molecule has 2 nitrogen and oxygen atoms in total. The average molecular weight is 226 g/mol. The first-order valence-corrected chi connectivity index (χ1v) is 5.43. The smallest absolute Gasteiger partial charge is 0.210 e. The van der Waals surface area contributed by atoms with Gasteiger partial charge >= 0.3 is 0 Å². The molecule has 0 heterocycles. The van der Waals surface area contributed by atoms with Crippen LogP contribution in [0.3, 0.4) is 0 Å². The van der Waals surface area contributed by atoms with Crippen LogP contribution < -0.4 is 0 Å². The maximum absolute atomic E-state index is 9.92. The minimum atomic E-state index is -1.93. The lowest BCUT2D eigenvalue weighted by atomic mass is 10.0. The molecule has 0 saturated carbocycles. The molecule has 0 saturated heterocycles. The molecule has 0 amide bonds. The van der Waals surface area contributed by atoms with Crippen molar-refractivity contribution in [1.82, 2.24) is 0 Å². The van der Waals surface area contributed by atoms with Crippen molar-refractivity contribution in [3.05, 3.63) is 77.9 Å². The van der Waals surface area contributed by atoms with E-state index in [0.29, 0.717) is 5.56 Å². The molecule has 0 atom stereocenters. The average Bonchev–Trinajstić information content (AvgIpc) is 2.39. The molecule has 0 aromatic heterocycles. The number of aliphatic hydroxyl groups is 2. The van der Waals surface area contributed by atoms with E-state index < -0.39 is 5.79 Å². The number of hydrogen-bond donors (Lipinski definition) is 2. The highest BCUT2D eigenvalue weighted by Gasteiger charge is 2.21. The number of rotatable bonds is 3. The second-order valence-electron chi connectivity index (χ2n) is 3.84. The van der Waals surface area contributed by atoms with Gasteiger partial charge in [0.1, 0.15) is 0 Å². The van der Waals surface area contributed by atoms with Crippen LogP contribution in [-0.2, 0) is 5.79 Å². The summed E-state index contributed by atoms with van der Waals surface area (Å²) in [5, 5.41) is 19.8. The van der Waals surface area contributed by atoms with Gasteiger partial charge in [-0.1, -0.05) is 66.7 Å². The zero-order chi connectivity index (χ0) is 12.1. The van der Waals surface area contributed by atoms with E-state index in [2.05, 4.69) is 0 Å². The van der Waals surface area contributed by atoms with Crippen molar-refractivity contribution >= 4 is 6.08 Å². The van der Waals surface area contributed by atoms with Crippen LogP contribution in [0.4, 0.5) is 0 Å². The summed E-state index contributed by atoms with van der Waals surface area (Å²) >= 11 is 0. The van der Waals surface area contributed by atoms with Crippen molar-refractivity contribution in [1.29, 1.82) is 0 Å². The highest BCUT2D eigenvalue weighted by atomic mass is 16.5. The van der Waals surface area contributed by atoms with Gasteiger partial charge in [0.15, 0.2) is 0 Å². The summed E-state index contributed by atoms with van der Waals surface area (Å²) in [6.07, 6.45) is 3.06. The SMILES string of the molecule is OC(O)(/C=C/c1ccccc1)c1ccccc1. The number of benzene rings is 2. The van der Waals surface area contributed by atoms with E-state index in [-0.39, 0.29) is 0 Å². The molecule has 2 aromatic carbocycles. The highest BCUT2D eigenvalue weighted by Crippen LogP contribution is 2.20. The molecular weight excluding hydrogens is 212 g/mol. The lowest BCUT2D eigenvalue weighted by Crippen LogP contribution is -2.21. The second kappa shape index (κ2) is 4.95. The summed E-state index contributed by atoms with van der Waals surface area (Å²) in [5.74, 6) is -1.93. The fourth-order valence-corrected chi connectivity index (χ4v) is 1.56. The van der Waals surface area contributed by atoms with Crippen LogP contribution in [0.2, 0.25) is 0 Å². The normalized spacial score (nSPS) is 11.9. The van der Waals surface area contributed by atoms with Crippen LogP contribution >= 0.6 is 0 Å². The lowest BCUT2D eigenvalue weighted by Gasteiger charge is -2.17. The second-order valence-corrected chi connectivity index (χ2v) is 3.84. The molecule has 0 bridgehead atoms. The summed E-state index contributed by atoms with van der Waals surface area (Å²) < 4.78 is 0. The van der Waals surface area contributed by atoms with E-state index >= 15 is 0 Å². The van der Waals surface area contributed by atoms with Crippen molar-refractivity contribution in [2.45, 2.75) is 5.79 Å². The van der Waals surface area contributed by atoms with E-state index in [1.54, 1.807) is 30.3 Å². The molecule has 0 fully saturated rings. The molecule has 2 rings (SSSR count). The summed E-state index contributed by atoms with van der Waals surface area (Å²) in [5.41, 5.74) is 1.38. The van der Waals surface area contributed by atoms with Crippen molar-refractivity contribution in [2.75, 3.05) is 0 Å². The minimum absolute atomic E-state index is 0.451. The van der Waals surface area contributed by atoms with Crippen LogP contribution in [0.15, 0.2) is 66.7 Å². The van der Waals surface area contributed by atoms with Crippen LogP contribution in [0.5, 0.6) is 0 Å². The Hall–Kier alpha value is -1.90. The van der Waals surface area contributed by atoms with Crippen molar-refractivity contribution in [3.63, 3.8) is 0 Å². The third-order valence-electron chi connectivity index (χ3n) is 2.51. The molecule has 0 aliphatic heterocycles. The summed E-state index contributed by atoms with van der Waals surface area (Å²) in [6.45, 7) is 0. The Morgan fingerprint density at radius 3 is 1.88 bits per heavy atom. The van der Waals surface area contributed by atoms with E-state index in [1.165, 1.54) is 6.08 Å². The molecule has 17 heavy (non-hydrogen) atoms. The fourth-order valence-electron chi connectivity index (χ4n) is 1.56. The van der Waals surface area contributed by atoms with E-state index in [1.807, 2.05) is 36.4 Å². The van der Waals surface area contributed by atoms with Crippen molar-refractivity contribution in [2.24, 2.45) is 0 Å². The topological polar surface area (TPSA) is 40.5 Å². The van der Waals surface area contributed by atoms with Gasteiger partial charge in [-0.3, -0.25) is 0 Å². The maximum Gasteiger partial charge on any atom is 0.210 e. The van der Waals surface area contributed by atoms with E-state index in [9.17, 15) is 10.2 Å². The van der Waals surface area contributed by atoms with E-state index in [4.69, 9.17) is 0 Å². The molecule has 2 N–H and O–H groups in total. The van der Waals surface area contributed by atoms with Crippen LogP contribution in [0.1, 0.15) is 11.1 Å². The maximum atomic E-state index is 9.92. The minimum Gasteiger partial charge on any atom is -0.359 e. The van der Waals surface area contributed by atoms with Crippen LogP contribution in [0, 0.1) is 0 Å². The Bertz CT molecular complexity index is 487. The predicted octanol–water partition coefficient (Wildman–Crippen LogP) is 2.54. The largest absolute Gasteiger partial charge is 0.359 e. The first kappa shape index (κ1) is 11.6. The standard InChI is InChI=1S/C15H14O2/c16-15(17,14-9-5-2-6-10-14)12-11-13-7-3-1-4-8-13/h1-12,16-17H/b12-11+. The Morgan fingerprint density at radius 2 is 1.29 bits per heavy atom. The molecule has 86 valence electrons. The van der Waals surface area contributed by atoms with Gasteiger partial charge in [0.25, 0.3) is 0 Å². The summed E-state index contributed by atoms with van der Waals surface area (Å²) in [4.78, 5) is 0. The zero-order valence-electron chi connectivity index (χ0n) is 9.32. The molecule has 0 unspecified atom stereocenters. The van der Waals surface area contributed by atoms with Gasteiger partial charge in [0.2, 0.25) is 5.79 Å². The third-order valence-corrected chi connectivity index (χ3v) is 2.51. The molecule has 0 spiro atoms. The predicted molar refractivity (Wildman–Crippen MR) is 68.0 cm³/mol. The third kappa shape index (κ3) is 3.03. The van der Waals surface area contributed by atoms with Gasteiger partial charge in [-0.25, -0.2) is 0 Å². The zero-order valence-corrected chi connectivity index (χ0v) is 9.32. The van der Waals surface area contributed by atoms with Gasteiger partial charge < -0.3 is 10.2 Å². The first-order valence-electron chi connectivity index (χ1n) is 5.43. The van der Waals surface area contributed by atoms with Crippen LogP contribution in [-0.4, -0.2) is 10.2 Å². The Kier molecular flexibility index (Phi) is 3.38. The monoisotopic (exact) mass is 226 g/mol. The fraction of sp³-hybridized carbons (Fsp3) is 0.0667. The summed E-state index contributed by atoms with van der Waals surface area (Å²) in [6, 6.07) is 18.2. The van der Waals surface area contributed by atoms with Crippen LogP contribution in [0.25, 0.3) is 6.08 Å². The molecule has 0 radical (unpaired) electrons.